The normalized spacial score (nSPS) is 14.7. The van der Waals surface area contributed by atoms with E-state index in [-0.39, 0.29) is 5.91 Å². The van der Waals surface area contributed by atoms with Gasteiger partial charge in [-0.15, -0.1) is 0 Å². The van der Waals surface area contributed by atoms with Crippen LogP contribution < -0.4 is 15.5 Å². The zero-order valence-electron chi connectivity index (χ0n) is 16.2. The topological polar surface area (TPSA) is 82.8 Å². The second kappa shape index (κ2) is 8.70. The Morgan fingerprint density at radius 1 is 1.26 bits per heavy atom. The lowest BCUT2D eigenvalue weighted by molar-refractivity contribution is -0.117. The van der Waals surface area contributed by atoms with Gasteiger partial charge in [0, 0.05) is 44.4 Å². The molecule has 0 bridgehead atoms. The quantitative estimate of drug-likeness (QED) is 0.603. The number of carbonyl (C=O) groups is 1. The molecule has 2 aromatic rings. The van der Waals surface area contributed by atoms with E-state index in [0.717, 1.165) is 60.2 Å². The molecule has 1 saturated heterocycles. The Hall–Kier alpha value is -2.83. The number of aryl methyl sites for hydroxylation is 2. The van der Waals surface area contributed by atoms with Gasteiger partial charge in [-0.05, 0) is 44.4 Å². The number of nitrogens with one attached hydrogen (secondary N) is 2. The monoisotopic (exact) mass is 369 g/mol. The van der Waals surface area contributed by atoms with Crippen LogP contribution in [-0.2, 0) is 17.8 Å². The van der Waals surface area contributed by atoms with Crippen molar-refractivity contribution in [1.82, 2.24) is 15.8 Å². The van der Waals surface area contributed by atoms with E-state index < -0.39 is 0 Å². The van der Waals surface area contributed by atoms with E-state index in [1.165, 1.54) is 0 Å². The molecule has 1 amide bonds. The molecule has 1 aromatic carbocycles. The number of anilines is 1. The Labute approximate surface area is 159 Å². The molecule has 2 N–H and O–H groups in total. The second-order valence-electron chi connectivity index (χ2n) is 6.72. The first-order valence-electron chi connectivity index (χ1n) is 9.34. The summed E-state index contributed by atoms with van der Waals surface area (Å²) < 4.78 is 5.19. The molecule has 0 aliphatic carbocycles. The fourth-order valence-corrected chi connectivity index (χ4v) is 3.29. The van der Waals surface area contributed by atoms with E-state index in [9.17, 15) is 4.79 Å². The van der Waals surface area contributed by atoms with Gasteiger partial charge in [0.2, 0.25) is 5.91 Å². The van der Waals surface area contributed by atoms with Crippen molar-refractivity contribution in [2.24, 2.45) is 4.99 Å². The van der Waals surface area contributed by atoms with E-state index in [0.29, 0.717) is 13.0 Å². The number of benzene rings is 1. The van der Waals surface area contributed by atoms with Gasteiger partial charge in [-0.3, -0.25) is 9.79 Å². The minimum atomic E-state index is 0.212. The zero-order valence-corrected chi connectivity index (χ0v) is 16.2. The number of hydrogen-bond acceptors (Lipinski definition) is 4. The summed E-state index contributed by atoms with van der Waals surface area (Å²) in [6.45, 7) is 6.12. The van der Waals surface area contributed by atoms with Crippen LogP contribution in [0.5, 0.6) is 0 Å². The van der Waals surface area contributed by atoms with Gasteiger partial charge in [0.25, 0.3) is 0 Å². The number of aromatic nitrogens is 1. The van der Waals surface area contributed by atoms with Crippen LogP contribution in [0.2, 0.25) is 0 Å². The minimum absolute atomic E-state index is 0.212. The Morgan fingerprint density at radius 3 is 2.63 bits per heavy atom. The SMILES string of the molecule is CN=C(NCCc1c(C)noc1C)NCc1ccc(N2CCCC2=O)cc1. The molecule has 0 saturated carbocycles. The van der Waals surface area contributed by atoms with Gasteiger partial charge in [-0.2, -0.15) is 0 Å². The standard InChI is InChI=1S/C20H27N5O2/c1-14-18(15(2)27-24-14)10-11-22-20(21-3)23-13-16-6-8-17(9-7-16)25-12-4-5-19(25)26/h6-9H,4-5,10-13H2,1-3H3,(H2,21,22,23). The Bertz CT molecular complexity index is 791. The highest BCUT2D eigenvalue weighted by atomic mass is 16.5. The molecule has 0 unspecified atom stereocenters. The second-order valence-corrected chi connectivity index (χ2v) is 6.72. The predicted octanol–water partition coefficient (Wildman–Crippen LogP) is 2.33. The summed E-state index contributed by atoms with van der Waals surface area (Å²) in [6.07, 6.45) is 2.43. The summed E-state index contributed by atoms with van der Waals surface area (Å²) in [6, 6.07) is 8.11. The highest BCUT2D eigenvalue weighted by Crippen LogP contribution is 2.21. The van der Waals surface area contributed by atoms with Crippen LogP contribution >= 0.6 is 0 Å². The molecule has 7 nitrogen and oxygen atoms in total. The van der Waals surface area contributed by atoms with Crippen molar-refractivity contribution in [3.63, 3.8) is 0 Å². The van der Waals surface area contributed by atoms with Crippen molar-refractivity contribution in [1.29, 1.82) is 0 Å². The molecule has 1 fully saturated rings. The molecule has 0 radical (unpaired) electrons. The van der Waals surface area contributed by atoms with Crippen molar-refractivity contribution in [2.45, 2.75) is 39.7 Å². The lowest BCUT2D eigenvalue weighted by Gasteiger charge is -2.16. The largest absolute Gasteiger partial charge is 0.361 e. The Kier molecular flexibility index (Phi) is 6.11. The maximum Gasteiger partial charge on any atom is 0.227 e. The summed E-state index contributed by atoms with van der Waals surface area (Å²) in [4.78, 5) is 17.9. The first-order valence-corrected chi connectivity index (χ1v) is 9.34. The molecule has 1 aliphatic rings. The average Bonchev–Trinajstić information content (AvgIpc) is 3.24. The Balaban J connectivity index is 1.47. The molecular weight excluding hydrogens is 342 g/mol. The number of aliphatic imine (C=N–C) groups is 1. The van der Waals surface area contributed by atoms with Crippen molar-refractivity contribution in [2.75, 3.05) is 25.0 Å². The smallest absolute Gasteiger partial charge is 0.227 e. The predicted molar refractivity (Wildman–Crippen MR) is 106 cm³/mol. The highest BCUT2D eigenvalue weighted by molar-refractivity contribution is 5.95. The number of amides is 1. The van der Waals surface area contributed by atoms with Gasteiger partial charge in [-0.25, -0.2) is 0 Å². The first kappa shape index (κ1) is 18.9. The highest BCUT2D eigenvalue weighted by Gasteiger charge is 2.21. The van der Waals surface area contributed by atoms with E-state index in [4.69, 9.17) is 4.52 Å². The zero-order chi connectivity index (χ0) is 19.2. The average molecular weight is 369 g/mol. The lowest BCUT2D eigenvalue weighted by Crippen LogP contribution is -2.37. The minimum Gasteiger partial charge on any atom is -0.361 e. The van der Waals surface area contributed by atoms with Crippen LogP contribution in [-0.4, -0.2) is 37.2 Å². The van der Waals surface area contributed by atoms with E-state index in [1.807, 2.05) is 43.0 Å². The molecular formula is C20H27N5O2. The van der Waals surface area contributed by atoms with E-state index in [2.05, 4.69) is 20.8 Å². The van der Waals surface area contributed by atoms with E-state index >= 15 is 0 Å². The van der Waals surface area contributed by atoms with Crippen LogP contribution in [0.3, 0.4) is 0 Å². The molecule has 1 aliphatic heterocycles. The van der Waals surface area contributed by atoms with Gasteiger partial charge in [0.15, 0.2) is 5.96 Å². The molecule has 144 valence electrons. The molecule has 27 heavy (non-hydrogen) atoms. The molecule has 2 heterocycles. The molecule has 0 spiro atoms. The molecule has 0 atom stereocenters. The summed E-state index contributed by atoms with van der Waals surface area (Å²) in [5, 5.41) is 10.6. The molecule has 1 aromatic heterocycles. The molecule has 7 heteroatoms. The summed E-state index contributed by atoms with van der Waals surface area (Å²) in [5.41, 5.74) is 4.20. The lowest BCUT2D eigenvalue weighted by atomic mass is 10.1. The maximum absolute atomic E-state index is 11.8. The summed E-state index contributed by atoms with van der Waals surface area (Å²) in [7, 11) is 1.76. The number of guanidine groups is 1. The number of nitrogens with zero attached hydrogens (tertiary/aromatic N) is 3. The number of carbonyl (C=O) groups excluding carboxylic acids is 1. The fourth-order valence-electron chi connectivity index (χ4n) is 3.29. The maximum atomic E-state index is 11.8. The van der Waals surface area contributed by atoms with Crippen LogP contribution in [0.25, 0.3) is 0 Å². The van der Waals surface area contributed by atoms with Crippen molar-refractivity contribution >= 4 is 17.6 Å². The van der Waals surface area contributed by atoms with E-state index in [1.54, 1.807) is 7.05 Å². The summed E-state index contributed by atoms with van der Waals surface area (Å²) >= 11 is 0. The van der Waals surface area contributed by atoms with Crippen molar-refractivity contribution in [3.8, 4) is 0 Å². The third kappa shape index (κ3) is 4.67. The van der Waals surface area contributed by atoms with Gasteiger partial charge in [-0.1, -0.05) is 17.3 Å². The molecule has 3 rings (SSSR count). The van der Waals surface area contributed by atoms with Crippen LogP contribution in [0.1, 0.15) is 35.4 Å². The van der Waals surface area contributed by atoms with Gasteiger partial charge >= 0.3 is 0 Å². The van der Waals surface area contributed by atoms with Gasteiger partial charge in [0.05, 0.1) is 5.69 Å². The van der Waals surface area contributed by atoms with Crippen LogP contribution in [0.4, 0.5) is 5.69 Å². The van der Waals surface area contributed by atoms with Crippen molar-refractivity contribution in [3.05, 3.63) is 46.8 Å². The van der Waals surface area contributed by atoms with Crippen LogP contribution in [0.15, 0.2) is 33.8 Å². The Morgan fingerprint density at radius 2 is 2.04 bits per heavy atom. The number of rotatable bonds is 6. The van der Waals surface area contributed by atoms with Crippen LogP contribution in [0, 0.1) is 13.8 Å². The van der Waals surface area contributed by atoms with Gasteiger partial charge < -0.3 is 20.1 Å². The third-order valence-electron chi connectivity index (χ3n) is 4.85. The first-order chi connectivity index (χ1) is 13.1. The third-order valence-corrected chi connectivity index (χ3v) is 4.85. The fraction of sp³-hybridized carbons (Fsp3) is 0.450. The summed E-state index contributed by atoms with van der Waals surface area (Å²) in [5.74, 6) is 1.83. The van der Waals surface area contributed by atoms with Gasteiger partial charge in [0.1, 0.15) is 5.76 Å². The number of hydrogen-bond donors (Lipinski definition) is 2. The van der Waals surface area contributed by atoms with Crippen molar-refractivity contribution < 1.29 is 9.32 Å².